The minimum absolute atomic E-state index is 0.201. The van der Waals surface area contributed by atoms with Crippen molar-refractivity contribution in [2.75, 3.05) is 7.11 Å². The number of amides is 3. The predicted molar refractivity (Wildman–Crippen MR) is 119 cm³/mol. The lowest BCUT2D eigenvalue weighted by Gasteiger charge is -2.54. The molecule has 0 spiro atoms. The largest absolute Gasteiger partial charge is 0.466 e. The SMILES string of the molecule is COC(=O)C1=CC[C@@]23CC[C@@H]([C@@](C)(/C=C/C=C(\C)C(=O)NC(N)=O)OC2=O)[C@@]3(OC(C)=O)CC1. The lowest BCUT2D eigenvalue weighted by atomic mass is 9.62. The molecule has 4 atom stereocenters. The van der Waals surface area contributed by atoms with Crippen LogP contribution in [0.3, 0.4) is 0 Å². The summed E-state index contributed by atoms with van der Waals surface area (Å²) in [7, 11) is 1.29. The van der Waals surface area contributed by atoms with Gasteiger partial charge in [-0.25, -0.2) is 9.59 Å². The summed E-state index contributed by atoms with van der Waals surface area (Å²) in [6.45, 7) is 4.54. The smallest absolute Gasteiger partial charge is 0.333 e. The summed E-state index contributed by atoms with van der Waals surface area (Å²) in [5.74, 6) is -2.52. The number of primary amides is 1. The third-order valence-corrected chi connectivity index (χ3v) is 7.23. The van der Waals surface area contributed by atoms with E-state index in [1.54, 1.807) is 25.2 Å². The Balaban J connectivity index is 2.00. The number of esters is 3. The van der Waals surface area contributed by atoms with Crippen LogP contribution in [-0.4, -0.2) is 48.2 Å². The molecule has 0 aromatic heterocycles. The Bertz CT molecular complexity index is 1030. The van der Waals surface area contributed by atoms with Crippen LogP contribution in [0.2, 0.25) is 0 Å². The summed E-state index contributed by atoms with van der Waals surface area (Å²) in [6, 6.07) is -0.964. The first kappa shape index (κ1) is 25.2. The van der Waals surface area contributed by atoms with Crippen LogP contribution in [-0.2, 0) is 33.4 Å². The highest BCUT2D eigenvalue weighted by Crippen LogP contribution is 2.65. The fourth-order valence-electron chi connectivity index (χ4n) is 5.67. The lowest BCUT2D eigenvalue weighted by molar-refractivity contribution is -0.235. The number of nitrogens with two attached hydrogens (primary N) is 1. The number of cyclic esters (lactones) is 1. The monoisotopic (exact) mass is 474 g/mol. The fraction of sp³-hybridized carbons (Fsp3) is 0.542. The summed E-state index contributed by atoms with van der Waals surface area (Å²) in [5, 5.41) is 1.97. The molecular formula is C24H30N2O8. The van der Waals surface area contributed by atoms with Crippen LogP contribution in [0.15, 0.2) is 35.5 Å². The van der Waals surface area contributed by atoms with Crippen molar-refractivity contribution in [1.82, 2.24) is 5.32 Å². The van der Waals surface area contributed by atoms with E-state index < -0.39 is 46.5 Å². The highest BCUT2D eigenvalue weighted by molar-refractivity contribution is 6.03. The number of hydrogen-bond donors (Lipinski definition) is 2. The number of ether oxygens (including phenoxy) is 3. The van der Waals surface area contributed by atoms with Crippen LogP contribution in [0.5, 0.6) is 0 Å². The summed E-state index contributed by atoms with van der Waals surface area (Å²) in [5.41, 5.74) is 2.23. The molecule has 0 aromatic rings. The minimum atomic E-state index is -1.17. The number of methoxy groups -OCH3 is 1. The van der Waals surface area contributed by atoms with Crippen molar-refractivity contribution in [2.24, 2.45) is 17.1 Å². The van der Waals surface area contributed by atoms with Gasteiger partial charge in [0.2, 0.25) is 0 Å². The first-order valence-electron chi connectivity index (χ1n) is 11.1. The topological polar surface area (TPSA) is 151 Å². The lowest BCUT2D eigenvalue weighted by Crippen LogP contribution is -2.65. The molecule has 0 unspecified atom stereocenters. The molecule has 0 aromatic carbocycles. The van der Waals surface area contributed by atoms with Gasteiger partial charge in [-0.15, -0.1) is 0 Å². The standard InChI is InChI=1S/C24H30N2O8/c1-14(18(28)26-21(25)31)6-5-10-22(3)17-9-12-23(20(30)34-22)11-7-16(19(29)32-4)8-13-24(17,23)33-15(2)27/h5-7,10,17H,8-9,11-13H2,1-4H3,(H3,25,26,28,31)/b10-5+,14-6+/t17-,22+,23+,24-/m0/s1. The molecule has 184 valence electrons. The van der Waals surface area contributed by atoms with Crippen molar-refractivity contribution in [2.45, 2.75) is 64.1 Å². The van der Waals surface area contributed by atoms with E-state index in [0.717, 1.165) is 0 Å². The van der Waals surface area contributed by atoms with E-state index in [2.05, 4.69) is 0 Å². The molecule has 1 saturated carbocycles. The van der Waals surface area contributed by atoms with E-state index in [1.165, 1.54) is 27.0 Å². The number of imide groups is 1. The quantitative estimate of drug-likeness (QED) is 0.266. The molecular weight excluding hydrogens is 444 g/mol. The first-order valence-corrected chi connectivity index (χ1v) is 11.1. The molecule has 2 fully saturated rings. The Morgan fingerprint density at radius 1 is 1.24 bits per heavy atom. The zero-order chi connectivity index (χ0) is 25.3. The minimum Gasteiger partial charge on any atom is -0.466 e. The number of urea groups is 1. The maximum Gasteiger partial charge on any atom is 0.333 e. The van der Waals surface area contributed by atoms with Crippen molar-refractivity contribution in [3.05, 3.63) is 35.5 Å². The molecule has 1 saturated heterocycles. The van der Waals surface area contributed by atoms with Gasteiger partial charge in [0.1, 0.15) is 16.6 Å². The maximum atomic E-state index is 13.5. The molecule has 3 aliphatic rings. The third-order valence-electron chi connectivity index (χ3n) is 7.23. The molecule has 34 heavy (non-hydrogen) atoms. The highest BCUT2D eigenvalue weighted by Gasteiger charge is 2.74. The second-order valence-electron chi connectivity index (χ2n) is 9.18. The molecule has 1 heterocycles. The first-order chi connectivity index (χ1) is 15.9. The molecule has 3 amide bonds. The van der Waals surface area contributed by atoms with Crippen LogP contribution in [0.25, 0.3) is 0 Å². The summed E-state index contributed by atoms with van der Waals surface area (Å²) < 4.78 is 16.8. The Hall–Kier alpha value is -3.43. The van der Waals surface area contributed by atoms with E-state index in [4.69, 9.17) is 19.9 Å². The van der Waals surface area contributed by atoms with Gasteiger partial charge in [-0.1, -0.05) is 18.2 Å². The van der Waals surface area contributed by atoms with Crippen LogP contribution >= 0.6 is 0 Å². The summed E-state index contributed by atoms with van der Waals surface area (Å²) in [4.78, 5) is 60.8. The zero-order valence-electron chi connectivity index (χ0n) is 19.8. The van der Waals surface area contributed by atoms with Crippen LogP contribution < -0.4 is 11.1 Å². The Labute approximate surface area is 197 Å². The second-order valence-corrected chi connectivity index (χ2v) is 9.18. The van der Waals surface area contributed by atoms with Gasteiger partial charge in [0, 0.05) is 24.0 Å². The van der Waals surface area contributed by atoms with Gasteiger partial charge < -0.3 is 19.9 Å². The molecule has 0 radical (unpaired) electrons. The van der Waals surface area contributed by atoms with Gasteiger partial charge in [-0.2, -0.15) is 0 Å². The van der Waals surface area contributed by atoms with Crippen molar-refractivity contribution >= 4 is 29.8 Å². The average Bonchev–Trinajstić information content (AvgIpc) is 2.89. The molecule has 1 aliphatic heterocycles. The van der Waals surface area contributed by atoms with E-state index >= 15 is 0 Å². The van der Waals surface area contributed by atoms with Gasteiger partial charge >= 0.3 is 23.9 Å². The van der Waals surface area contributed by atoms with E-state index in [9.17, 15) is 24.0 Å². The number of rotatable bonds is 5. The molecule has 10 nitrogen and oxygen atoms in total. The van der Waals surface area contributed by atoms with Crippen LogP contribution in [0.4, 0.5) is 4.79 Å². The van der Waals surface area contributed by atoms with Crippen molar-refractivity contribution in [1.29, 1.82) is 0 Å². The van der Waals surface area contributed by atoms with Crippen LogP contribution in [0, 0.1) is 11.3 Å². The van der Waals surface area contributed by atoms with E-state index in [-0.39, 0.29) is 30.8 Å². The third kappa shape index (κ3) is 4.12. The normalized spacial score (nSPS) is 32.7. The van der Waals surface area contributed by atoms with E-state index in [1.807, 2.05) is 5.32 Å². The number of carbonyl (C=O) groups is 5. The van der Waals surface area contributed by atoms with Gasteiger partial charge in [-0.05, 0) is 52.0 Å². The Kier molecular flexibility index (Phi) is 6.73. The molecule has 3 N–H and O–H groups in total. The molecule has 3 rings (SSSR count). The highest BCUT2D eigenvalue weighted by atomic mass is 16.6. The van der Waals surface area contributed by atoms with Gasteiger partial charge in [0.25, 0.3) is 5.91 Å². The number of hydrogen-bond acceptors (Lipinski definition) is 8. The Morgan fingerprint density at radius 2 is 1.94 bits per heavy atom. The summed E-state index contributed by atoms with van der Waals surface area (Å²) in [6.07, 6.45) is 8.14. The molecule has 2 aliphatic carbocycles. The zero-order valence-corrected chi connectivity index (χ0v) is 19.8. The maximum absolute atomic E-state index is 13.5. The van der Waals surface area contributed by atoms with Gasteiger partial charge in [-0.3, -0.25) is 19.7 Å². The number of nitrogens with one attached hydrogen (secondary N) is 1. The summed E-state index contributed by atoms with van der Waals surface area (Å²) >= 11 is 0. The fourth-order valence-corrected chi connectivity index (χ4v) is 5.67. The molecule has 2 bridgehead atoms. The van der Waals surface area contributed by atoms with Crippen molar-refractivity contribution < 1.29 is 38.2 Å². The average molecular weight is 475 g/mol. The van der Waals surface area contributed by atoms with Crippen molar-refractivity contribution in [3.63, 3.8) is 0 Å². The number of allylic oxidation sites excluding steroid dienone is 3. The predicted octanol–water partition coefficient (Wildman–Crippen LogP) is 1.98. The van der Waals surface area contributed by atoms with Gasteiger partial charge in [0.05, 0.1) is 7.11 Å². The van der Waals surface area contributed by atoms with Crippen molar-refractivity contribution in [3.8, 4) is 0 Å². The second kappa shape index (κ2) is 9.08. The van der Waals surface area contributed by atoms with Gasteiger partial charge in [0.15, 0.2) is 0 Å². The Morgan fingerprint density at radius 3 is 2.56 bits per heavy atom. The molecule has 10 heteroatoms. The number of carbonyl (C=O) groups excluding carboxylic acids is 5. The van der Waals surface area contributed by atoms with E-state index in [0.29, 0.717) is 18.4 Å². The van der Waals surface area contributed by atoms with Crippen LogP contribution in [0.1, 0.15) is 52.9 Å².